The van der Waals surface area contributed by atoms with E-state index in [1.807, 2.05) is 122 Å². The zero-order valence-electron chi connectivity index (χ0n) is 62.3. The van der Waals surface area contributed by atoms with E-state index in [2.05, 4.69) is 236 Å². The Morgan fingerprint density at radius 2 is 0.582 bits per heavy atom. The standard InChI is InChI=1S/C11H12.6C10H11N.7C2H6/c1-8-6-10-4-3-5-11(10)7-9(8)2;2*1-7-3-9-5-11-6-10(9)4-8(7)2;2*1-7-5-9-3-4-11-10(9)6-8(7)2;2*1-7-6-9-4-3-5-10(9)11-8(7)2;7*1-2/h3-4,6-7H,5H2,1-2H3;2*3-5H,6H2,1-2H3;2*4-6H,3H2,1-2H3;3,5-6H,4H2,1-2H3;3-4,6H,5H2,1-2H3;7*1-2H3. The summed E-state index contributed by atoms with van der Waals surface area (Å²) in [5.41, 5.74) is 36.9. The fourth-order valence-corrected chi connectivity index (χ4v) is 9.88. The third-order valence-corrected chi connectivity index (χ3v) is 15.7. The van der Waals surface area contributed by atoms with Crippen LogP contribution in [-0.2, 0) is 45.2 Å². The van der Waals surface area contributed by atoms with Gasteiger partial charge in [0.05, 0.1) is 35.9 Å². The number of aromatic nitrogens is 2. The molecule has 2 aromatic heterocycles. The molecule has 6 heteroatoms. The molecule has 6 heterocycles. The number of benzene rings is 5. The smallest absolute Gasteiger partial charge is 0.0665 e. The Labute approximate surface area is 556 Å². The van der Waals surface area contributed by atoms with Gasteiger partial charge in [0.15, 0.2) is 0 Å². The van der Waals surface area contributed by atoms with Crippen LogP contribution in [0.3, 0.4) is 0 Å². The molecule has 0 fully saturated rings. The lowest BCUT2D eigenvalue weighted by molar-refractivity contribution is 1.05. The fourth-order valence-electron chi connectivity index (χ4n) is 9.88. The van der Waals surface area contributed by atoms with Gasteiger partial charge >= 0.3 is 0 Å². The van der Waals surface area contributed by atoms with Crippen LogP contribution < -0.4 is 0 Å². The summed E-state index contributed by atoms with van der Waals surface area (Å²) in [5, 5.41) is 0. The summed E-state index contributed by atoms with van der Waals surface area (Å²) in [5.74, 6) is 0. The van der Waals surface area contributed by atoms with Crippen LogP contribution >= 0.6 is 0 Å². The molecule has 0 N–H and O–H groups in total. The number of hydrogen-bond acceptors (Lipinski definition) is 6. The third-order valence-electron chi connectivity index (χ3n) is 15.7. The average Bonchev–Trinajstić information content (AvgIpc) is 3.04. The number of fused-ring (bicyclic) bond motifs is 7. The first-order chi connectivity index (χ1) is 43.9. The second kappa shape index (κ2) is 43.9. The molecule has 7 aromatic rings. The van der Waals surface area contributed by atoms with E-state index < -0.39 is 0 Å². The molecule has 0 saturated heterocycles. The second-order valence-electron chi connectivity index (χ2n) is 21.7. The van der Waals surface area contributed by atoms with Gasteiger partial charge in [-0.2, -0.15) is 0 Å². The molecule has 0 saturated carbocycles. The van der Waals surface area contributed by atoms with Crippen molar-refractivity contribution in [1.29, 1.82) is 0 Å². The van der Waals surface area contributed by atoms with Crippen LogP contribution in [0.1, 0.15) is 242 Å². The lowest BCUT2D eigenvalue weighted by Gasteiger charge is -2.03. The van der Waals surface area contributed by atoms with Gasteiger partial charge in [-0.25, -0.2) is 0 Å². The Balaban J connectivity index is 0.000000514. The molecule has 0 unspecified atom stereocenters. The summed E-state index contributed by atoms with van der Waals surface area (Å²) in [4.78, 5) is 25.9. The first-order valence-electron chi connectivity index (χ1n) is 34.4. The molecule has 14 rings (SSSR count). The van der Waals surface area contributed by atoms with Crippen LogP contribution in [0.2, 0.25) is 0 Å². The van der Waals surface area contributed by atoms with E-state index in [-0.39, 0.29) is 0 Å². The van der Waals surface area contributed by atoms with Crippen molar-refractivity contribution in [3.05, 3.63) is 236 Å². The van der Waals surface area contributed by atoms with Crippen molar-refractivity contribution in [1.82, 2.24) is 9.97 Å². The van der Waals surface area contributed by atoms with Gasteiger partial charge in [-0.05, 0) is 269 Å². The van der Waals surface area contributed by atoms with Crippen molar-refractivity contribution >= 4 is 54.5 Å². The van der Waals surface area contributed by atoms with E-state index in [0.717, 1.165) is 73.7 Å². The van der Waals surface area contributed by atoms with Gasteiger partial charge in [0.1, 0.15) is 0 Å². The maximum atomic E-state index is 4.49. The Hall–Kier alpha value is -7.70. The Kier molecular flexibility index (Phi) is 39.2. The monoisotopic (exact) mass is 1220 g/mol. The van der Waals surface area contributed by atoms with Gasteiger partial charge in [0, 0.05) is 55.5 Å². The number of nitrogens with zero attached hydrogens (tertiary/aromatic N) is 6. The van der Waals surface area contributed by atoms with Crippen LogP contribution in [-0.4, -0.2) is 34.8 Å². The number of pyridine rings is 2. The van der Waals surface area contributed by atoms with Crippen molar-refractivity contribution in [2.24, 2.45) is 20.0 Å². The summed E-state index contributed by atoms with van der Waals surface area (Å²) in [6, 6.07) is 26.7. The highest BCUT2D eigenvalue weighted by atomic mass is 14.8. The van der Waals surface area contributed by atoms with E-state index in [1.54, 1.807) is 0 Å². The number of allylic oxidation sites excluding steroid dienone is 3. The number of rotatable bonds is 0. The van der Waals surface area contributed by atoms with E-state index in [4.69, 9.17) is 0 Å². The van der Waals surface area contributed by atoms with Crippen molar-refractivity contribution < 1.29 is 0 Å². The van der Waals surface area contributed by atoms with Crippen LogP contribution in [0, 0.1) is 96.9 Å². The number of hydrogen-bond donors (Lipinski definition) is 0. The van der Waals surface area contributed by atoms with Crippen LogP contribution in [0.25, 0.3) is 18.2 Å². The van der Waals surface area contributed by atoms with Gasteiger partial charge < -0.3 is 0 Å². The normalized spacial score (nSPS) is 12.0. The Morgan fingerprint density at radius 3 is 1.04 bits per heavy atom. The van der Waals surface area contributed by atoms with Gasteiger partial charge in [0.2, 0.25) is 0 Å². The topological polar surface area (TPSA) is 75.2 Å². The molecule has 6 nitrogen and oxygen atoms in total. The SMILES string of the molecule is CC.CC.CC.CC.CC.CC.CC.Cc1cc2c(cc1C)CC=C2.Cc1cc2c(cc1C)CN=C2.Cc1cc2c(cc1C)CN=C2.Cc1cc2c(cc1C)N=CC2.Cc1cc2c(cc1C)N=CC2.Cc1cc2c(nc1C)C=CC2.Cc1cc2c(nc1C)CC=C2. The quantitative estimate of drug-likeness (QED) is 0.152. The second-order valence-corrected chi connectivity index (χ2v) is 21.7. The molecule has 3 aliphatic carbocycles. The van der Waals surface area contributed by atoms with Crippen molar-refractivity contribution in [2.45, 2.75) is 239 Å². The molecule has 5 aromatic carbocycles. The predicted molar refractivity (Wildman–Crippen MR) is 411 cm³/mol. The average molecular weight is 1230 g/mol. The minimum absolute atomic E-state index is 0.871. The number of aryl methyl sites for hydroxylation is 14. The zero-order chi connectivity index (χ0) is 68.9. The number of aliphatic imine (C=N–C) groups is 4. The molecular weight excluding hydrogens is 1100 g/mol. The van der Waals surface area contributed by atoms with Gasteiger partial charge in [0.25, 0.3) is 0 Å². The van der Waals surface area contributed by atoms with E-state index in [1.165, 1.54) is 128 Å². The van der Waals surface area contributed by atoms with Crippen molar-refractivity contribution in [3.63, 3.8) is 0 Å². The predicted octanol–water partition coefficient (Wildman–Crippen LogP) is 24.2. The van der Waals surface area contributed by atoms with Crippen LogP contribution in [0.4, 0.5) is 11.4 Å². The summed E-state index contributed by atoms with van der Waals surface area (Å²) < 4.78 is 0. The lowest BCUT2D eigenvalue weighted by atomic mass is 10.0. The Morgan fingerprint density at radius 1 is 0.264 bits per heavy atom. The van der Waals surface area contributed by atoms with Crippen LogP contribution in [0.15, 0.2) is 111 Å². The summed E-state index contributed by atoms with van der Waals surface area (Å²) in [6.07, 6.45) is 26.1. The van der Waals surface area contributed by atoms with Gasteiger partial charge in [-0.15, -0.1) is 0 Å². The van der Waals surface area contributed by atoms with Crippen LogP contribution in [0.5, 0.6) is 0 Å². The molecule has 0 radical (unpaired) electrons. The molecule has 0 atom stereocenters. The molecular formula is C85H120N6. The fraction of sp³-hybridized carbons (Fsp3) is 0.412. The van der Waals surface area contributed by atoms with E-state index in [9.17, 15) is 0 Å². The molecule has 0 bridgehead atoms. The molecule has 0 spiro atoms. The minimum atomic E-state index is 0.871. The Bertz CT molecular complexity index is 2930. The molecule has 490 valence electrons. The summed E-state index contributed by atoms with van der Waals surface area (Å²) in [6.45, 7) is 59.5. The molecule has 91 heavy (non-hydrogen) atoms. The molecule has 0 amide bonds. The first kappa shape index (κ1) is 81.3. The highest BCUT2D eigenvalue weighted by molar-refractivity contribution is 5.85. The first-order valence-corrected chi connectivity index (χ1v) is 34.4. The zero-order valence-corrected chi connectivity index (χ0v) is 62.3. The highest BCUT2D eigenvalue weighted by Gasteiger charge is 2.12. The molecule has 4 aliphatic heterocycles. The van der Waals surface area contributed by atoms with Gasteiger partial charge in [-0.3, -0.25) is 29.9 Å². The maximum absolute atomic E-state index is 4.49. The highest BCUT2D eigenvalue weighted by Crippen LogP contribution is 2.29. The van der Waals surface area contributed by atoms with Crippen molar-refractivity contribution in [3.8, 4) is 0 Å². The third kappa shape index (κ3) is 24.8. The minimum Gasteiger partial charge on any atom is -0.288 e. The molecule has 7 aliphatic rings. The van der Waals surface area contributed by atoms with E-state index in [0.29, 0.717) is 0 Å². The maximum Gasteiger partial charge on any atom is 0.0665 e. The summed E-state index contributed by atoms with van der Waals surface area (Å²) in [7, 11) is 0. The largest absolute Gasteiger partial charge is 0.288 e. The van der Waals surface area contributed by atoms with Gasteiger partial charge in [-0.1, -0.05) is 170 Å². The van der Waals surface area contributed by atoms with Crippen molar-refractivity contribution in [2.75, 3.05) is 0 Å². The summed E-state index contributed by atoms with van der Waals surface area (Å²) >= 11 is 0. The van der Waals surface area contributed by atoms with E-state index >= 15 is 0 Å². The lowest BCUT2D eigenvalue weighted by Crippen LogP contribution is -1.93.